The van der Waals surface area contributed by atoms with Crippen LogP contribution in [-0.2, 0) is 17.1 Å². The summed E-state index contributed by atoms with van der Waals surface area (Å²) in [6, 6.07) is 8.28. The molecule has 220 valence electrons. The van der Waals surface area contributed by atoms with Gasteiger partial charge in [-0.2, -0.15) is 0 Å². The van der Waals surface area contributed by atoms with E-state index >= 15 is 0 Å². The second-order valence-electron chi connectivity index (χ2n) is 10.6. The van der Waals surface area contributed by atoms with Gasteiger partial charge in [0, 0.05) is 43.5 Å². The number of aromatic nitrogens is 5. The number of aryl methyl sites for hydroxylation is 2. The Kier molecular flexibility index (Phi) is 7.90. The van der Waals surface area contributed by atoms with E-state index in [9.17, 15) is 18.0 Å². The molecule has 1 aliphatic rings. The van der Waals surface area contributed by atoms with Gasteiger partial charge in [-0.05, 0) is 57.0 Å². The molecule has 1 saturated heterocycles. The Morgan fingerprint density at radius 1 is 1.14 bits per heavy atom. The topological polar surface area (TPSA) is 152 Å². The summed E-state index contributed by atoms with van der Waals surface area (Å²) in [5.74, 6) is 0.544. The second-order valence-corrected chi connectivity index (χ2v) is 12.7. The fourth-order valence-corrected chi connectivity index (χ4v) is 5.87. The monoisotopic (exact) mass is 610 g/mol. The first-order valence-electron chi connectivity index (χ1n) is 13.3. The lowest BCUT2D eigenvalue weighted by Gasteiger charge is -2.23. The summed E-state index contributed by atoms with van der Waals surface area (Å²) < 4.78 is 26.9. The van der Waals surface area contributed by atoms with E-state index in [1.165, 1.54) is 6.07 Å². The normalized spacial score (nSPS) is 16.0. The lowest BCUT2D eigenvalue weighted by molar-refractivity contribution is 0.0977. The minimum Gasteiger partial charge on any atom is -0.377 e. The molecule has 0 bridgehead atoms. The average Bonchev–Trinajstić information content (AvgIpc) is 3.41. The number of hydrogen-bond acceptors (Lipinski definition) is 10. The third kappa shape index (κ3) is 6.07. The number of hydrogen-bond donors (Lipinski definition) is 2. The molecule has 0 radical (unpaired) electrons. The van der Waals surface area contributed by atoms with E-state index in [0.29, 0.717) is 29.9 Å². The van der Waals surface area contributed by atoms with Crippen LogP contribution in [0.1, 0.15) is 58.4 Å². The highest BCUT2D eigenvalue weighted by molar-refractivity contribution is 7.89. The SMILES string of the molecule is Cc1cc([C@@H](C)Nc2ccc(Cl)nc2C(=O)NS(C)(=O)=O)c2nc(N3CC[C@@H](c4ccnc(C)n4)C3)n(C)c(=O)c2c1. The molecule has 1 amide bonds. The van der Waals surface area contributed by atoms with Crippen molar-refractivity contribution in [2.24, 2.45) is 7.05 Å². The first kappa shape index (κ1) is 29.4. The van der Waals surface area contributed by atoms with Crippen molar-refractivity contribution >= 4 is 50.1 Å². The van der Waals surface area contributed by atoms with Gasteiger partial charge in [0.05, 0.1) is 28.9 Å². The van der Waals surface area contributed by atoms with Gasteiger partial charge < -0.3 is 10.2 Å². The Hall–Kier alpha value is -4.10. The molecule has 0 saturated carbocycles. The van der Waals surface area contributed by atoms with Crippen LogP contribution in [0, 0.1) is 13.8 Å². The zero-order chi connectivity index (χ0) is 30.3. The number of carbonyl (C=O) groups excluding carboxylic acids is 1. The molecule has 1 aliphatic heterocycles. The number of fused-ring (bicyclic) bond motifs is 1. The molecule has 42 heavy (non-hydrogen) atoms. The fraction of sp³-hybridized carbons (Fsp3) is 0.357. The zero-order valence-corrected chi connectivity index (χ0v) is 25.4. The number of amides is 1. The highest BCUT2D eigenvalue weighted by atomic mass is 35.5. The van der Waals surface area contributed by atoms with Crippen LogP contribution in [-0.4, -0.2) is 58.2 Å². The van der Waals surface area contributed by atoms with Crippen molar-refractivity contribution in [1.82, 2.24) is 29.2 Å². The van der Waals surface area contributed by atoms with Crippen LogP contribution in [0.4, 0.5) is 11.6 Å². The predicted octanol–water partition coefficient (Wildman–Crippen LogP) is 3.25. The molecule has 2 N–H and O–H groups in total. The average molecular weight is 611 g/mol. The molecular weight excluding hydrogens is 580 g/mol. The summed E-state index contributed by atoms with van der Waals surface area (Å²) in [6.07, 6.45) is 3.51. The van der Waals surface area contributed by atoms with Gasteiger partial charge in [0.25, 0.3) is 11.5 Å². The molecule has 4 aromatic rings. The Bertz CT molecular complexity index is 1880. The zero-order valence-electron chi connectivity index (χ0n) is 23.8. The van der Waals surface area contributed by atoms with Crippen LogP contribution in [0.3, 0.4) is 0 Å². The molecule has 0 unspecified atom stereocenters. The lowest BCUT2D eigenvalue weighted by atomic mass is 10.0. The van der Waals surface area contributed by atoms with Gasteiger partial charge in [0.2, 0.25) is 16.0 Å². The summed E-state index contributed by atoms with van der Waals surface area (Å²) in [5, 5.41) is 3.74. The molecule has 14 heteroatoms. The van der Waals surface area contributed by atoms with E-state index in [0.717, 1.165) is 35.3 Å². The van der Waals surface area contributed by atoms with Crippen molar-refractivity contribution in [1.29, 1.82) is 0 Å². The second kappa shape index (κ2) is 11.3. The van der Waals surface area contributed by atoms with Crippen LogP contribution in [0.15, 0.2) is 41.3 Å². The maximum absolute atomic E-state index is 13.6. The Morgan fingerprint density at radius 3 is 2.62 bits per heavy atom. The summed E-state index contributed by atoms with van der Waals surface area (Å²) in [7, 11) is -2.11. The standard InChI is InChI=1S/C28H31ClN8O4S/c1-15-12-19(16(2)31-22-6-7-23(29)33-25(22)26(38)35-42(5,40)41)24-20(13-15)27(39)36(4)28(34-24)37-11-9-18(14-37)21-8-10-30-17(3)32-21/h6-8,10,12-13,16,18,31H,9,11,14H2,1-5H3,(H,35,38)/t16-,18-/m1/s1. The molecule has 12 nitrogen and oxygen atoms in total. The largest absolute Gasteiger partial charge is 0.377 e. The summed E-state index contributed by atoms with van der Waals surface area (Å²) in [5.41, 5.74) is 3.02. The first-order valence-corrected chi connectivity index (χ1v) is 15.6. The van der Waals surface area contributed by atoms with E-state index in [4.69, 9.17) is 16.6 Å². The molecule has 1 fully saturated rings. The van der Waals surface area contributed by atoms with Crippen molar-refractivity contribution < 1.29 is 13.2 Å². The van der Waals surface area contributed by atoms with Gasteiger partial charge in [-0.25, -0.2) is 33.1 Å². The highest BCUT2D eigenvalue weighted by Gasteiger charge is 2.29. The predicted molar refractivity (Wildman–Crippen MR) is 162 cm³/mol. The first-order chi connectivity index (χ1) is 19.8. The van der Waals surface area contributed by atoms with Crippen LogP contribution < -0.4 is 20.5 Å². The van der Waals surface area contributed by atoms with Crippen molar-refractivity contribution in [3.05, 3.63) is 80.4 Å². The number of benzene rings is 1. The maximum atomic E-state index is 13.6. The van der Waals surface area contributed by atoms with E-state index in [1.807, 2.05) is 43.7 Å². The van der Waals surface area contributed by atoms with Crippen LogP contribution >= 0.6 is 11.6 Å². The highest BCUT2D eigenvalue weighted by Crippen LogP contribution is 2.32. The summed E-state index contributed by atoms with van der Waals surface area (Å²) in [6.45, 7) is 7.00. The number of anilines is 2. The number of pyridine rings is 1. The van der Waals surface area contributed by atoms with Crippen molar-refractivity contribution in [2.75, 3.05) is 29.6 Å². The fourth-order valence-electron chi connectivity index (χ4n) is 5.29. The van der Waals surface area contributed by atoms with Gasteiger partial charge in [-0.1, -0.05) is 17.7 Å². The summed E-state index contributed by atoms with van der Waals surface area (Å²) >= 11 is 6.03. The van der Waals surface area contributed by atoms with Crippen LogP contribution in [0.5, 0.6) is 0 Å². The minimum atomic E-state index is -3.83. The number of sulfonamides is 1. The quantitative estimate of drug-likeness (QED) is 0.298. The molecular formula is C28H31ClN8O4S. The Balaban J connectivity index is 1.52. The Labute approximate surface area is 248 Å². The molecule has 0 aliphatic carbocycles. The third-order valence-corrected chi connectivity index (χ3v) is 7.98. The van der Waals surface area contributed by atoms with Crippen LogP contribution in [0.25, 0.3) is 10.9 Å². The Morgan fingerprint density at radius 2 is 1.90 bits per heavy atom. The molecule has 5 rings (SSSR count). The molecule has 2 atom stereocenters. The van der Waals surface area contributed by atoms with Gasteiger partial charge >= 0.3 is 0 Å². The molecule has 1 aromatic carbocycles. The maximum Gasteiger partial charge on any atom is 0.285 e. The minimum absolute atomic E-state index is 0.0312. The number of nitrogens with one attached hydrogen (secondary N) is 2. The number of halogens is 1. The van der Waals surface area contributed by atoms with E-state index in [2.05, 4.69) is 25.2 Å². The summed E-state index contributed by atoms with van der Waals surface area (Å²) in [4.78, 5) is 46.3. The number of nitrogens with zero attached hydrogens (tertiary/aromatic N) is 6. The van der Waals surface area contributed by atoms with Gasteiger partial charge in [0.15, 0.2) is 5.69 Å². The number of rotatable bonds is 7. The molecule has 4 heterocycles. The lowest BCUT2D eigenvalue weighted by Crippen LogP contribution is -2.31. The van der Waals surface area contributed by atoms with Crippen molar-refractivity contribution in [3.8, 4) is 0 Å². The van der Waals surface area contributed by atoms with E-state index in [-0.39, 0.29) is 28.0 Å². The van der Waals surface area contributed by atoms with Crippen molar-refractivity contribution in [2.45, 2.75) is 39.2 Å². The van der Waals surface area contributed by atoms with Gasteiger partial charge in [-0.3, -0.25) is 14.2 Å². The molecule has 0 spiro atoms. The van der Waals surface area contributed by atoms with Crippen molar-refractivity contribution in [3.63, 3.8) is 0 Å². The van der Waals surface area contributed by atoms with Gasteiger partial charge in [0.1, 0.15) is 11.0 Å². The smallest absolute Gasteiger partial charge is 0.285 e. The number of carbonyl (C=O) groups is 1. The van der Waals surface area contributed by atoms with E-state index in [1.54, 1.807) is 23.9 Å². The third-order valence-electron chi connectivity index (χ3n) is 7.21. The van der Waals surface area contributed by atoms with Crippen LogP contribution in [0.2, 0.25) is 5.15 Å². The van der Waals surface area contributed by atoms with Gasteiger partial charge in [-0.15, -0.1) is 0 Å². The molecule has 3 aromatic heterocycles. The van der Waals surface area contributed by atoms with E-state index < -0.39 is 22.0 Å².